The van der Waals surface area contributed by atoms with Gasteiger partial charge >= 0.3 is 0 Å². The molecule has 0 saturated carbocycles. The van der Waals surface area contributed by atoms with Crippen LogP contribution in [0.5, 0.6) is 0 Å². The molecule has 3 rings (SSSR count). The van der Waals surface area contributed by atoms with E-state index in [1.54, 1.807) is 0 Å². The summed E-state index contributed by atoms with van der Waals surface area (Å²) in [5, 5.41) is 2.86. The predicted octanol–water partition coefficient (Wildman–Crippen LogP) is 0.650. The zero-order valence-electron chi connectivity index (χ0n) is 10.1. The van der Waals surface area contributed by atoms with Gasteiger partial charge in [-0.3, -0.25) is 4.79 Å². The number of aromatic nitrogens is 3. The van der Waals surface area contributed by atoms with Gasteiger partial charge in [0.05, 0.1) is 18.8 Å². The molecule has 19 heavy (non-hydrogen) atoms. The van der Waals surface area contributed by atoms with Gasteiger partial charge in [0, 0.05) is 19.0 Å². The van der Waals surface area contributed by atoms with Crippen LogP contribution in [0.3, 0.4) is 0 Å². The number of hydrogen-bond acceptors (Lipinski definition) is 6. The fraction of sp³-hybridized carbons (Fsp3) is 0.333. The summed E-state index contributed by atoms with van der Waals surface area (Å²) in [5.41, 5.74) is 0.542. The quantitative estimate of drug-likeness (QED) is 0.871. The molecule has 98 valence electrons. The van der Waals surface area contributed by atoms with Gasteiger partial charge in [-0.05, 0) is 6.42 Å². The van der Waals surface area contributed by atoms with Crippen molar-refractivity contribution in [3.05, 3.63) is 30.5 Å². The standard InChI is InChI=1S/C12H12N4O3/c17-11(16-8-1-5-18-7-8)9-10(14-3-2-13-9)12-15-4-6-19-12/h2-4,6,8H,1,5,7H2,(H,16,17). The van der Waals surface area contributed by atoms with E-state index in [4.69, 9.17) is 9.15 Å². The highest BCUT2D eigenvalue weighted by Crippen LogP contribution is 2.17. The molecule has 1 saturated heterocycles. The third kappa shape index (κ3) is 2.45. The van der Waals surface area contributed by atoms with Crippen LogP contribution in [-0.4, -0.2) is 40.1 Å². The van der Waals surface area contributed by atoms with Crippen molar-refractivity contribution in [2.24, 2.45) is 0 Å². The summed E-state index contributed by atoms with van der Waals surface area (Å²) in [5.74, 6) is -0.0160. The van der Waals surface area contributed by atoms with Gasteiger partial charge in [-0.1, -0.05) is 0 Å². The van der Waals surface area contributed by atoms with E-state index in [0.29, 0.717) is 18.9 Å². The fourth-order valence-corrected chi connectivity index (χ4v) is 1.90. The molecule has 1 aliphatic rings. The molecule has 7 heteroatoms. The summed E-state index contributed by atoms with van der Waals surface area (Å²) >= 11 is 0. The van der Waals surface area contributed by atoms with Crippen molar-refractivity contribution in [1.82, 2.24) is 20.3 Å². The molecule has 1 N–H and O–H groups in total. The second kappa shape index (κ2) is 5.15. The minimum atomic E-state index is -0.295. The maximum atomic E-state index is 12.2. The van der Waals surface area contributed by atoms with E-state index < -0.39 is 0 Å². The summed E-state index contributed by atoms with van der Waals surface area (Å²) in [4.78, 5) is 24.3. The molecule has 3 heterocycles. The van der Waals surface area contributed by atoms with E-state index >= 15 is 0 Å². The number of carbonyl (C=O) groups is 1. The van der Waals surface area contributed by atoms with Gasteiger partial charge < -0.3 is 14.5 Å². The number of amides is 1. The second-order valence-corrected chi connectivity index (χ2v) is 4.12. The van der Waals surface area contributed by atoms with Crippen molar-refractivity contribution in [3.8, 4) is 11.6 Å². The SMILES string of the molecule is O=C(NC1CCOC1)c1nccnc1-c1ncco1. The molecule has 0 radical (unpaired) electrons. The molecule has 2 aromatic heterocycles. The summed E-state index contributed by atoms with van der Waals surface area (Å²) in [6.07, 6.45) is 6.69. The Kier molecular flexibility index (Phi) is 3.20. The molecule has 1 amide bonds. The normalized spacial score (nSPS) is 18.4. The Morgan fingerprint density at radius 3 is 2.89 bits per heavy atom. The van der Waals surface area contributed by atoms with Crippen LogP contribution >= 0.6 is 0 Å². The Bertz CT molecular complexity index is 564. The van der Waals surface area contributed by atoms with Crippen LogP contribution in [0.25, 0.3) is 11.6 Å². The lowest BCUT2D eigenvalue weighted by Crippen LogP contribution is -2.35. The van der Waals surface area contributed by atoms with Crippen molar-refractivity contribution < 1.29 is 13.9 Å². The van der Waals surface area contributed by atoms with Gasteiger partial charge in [-0.15, -0.1) is 0 Å². The van der Waals surface area contributed by atoms with Crippen molar-refractivity contribution in [2.75, 3.05) is 13.2 Å². The van der Waals surface area contributed by atoms with Crippen LogP contribution in [0, 0.1) is 0 Å². The second-order valence-electron chi connectivity index (χ2n) is 4.12. The zero-order chi connectivity index (χ0) is 13.1. The molecule has 0 aromatic carbocycles. The van der Waals surface area contributed by atoms with Gasteiger partial charge in [0.1, 0.15) is 6.26 Å². The largest absolute Gasteiger partial charge is 0.443 e. The van der Waals surface area contributed by atoms with Gasteiger partial charge in [0.2, 0.25) is 5.89 Å². The molecule has 0 spiro atoms. The Labute approximate surface area is 109 Å². The van der Waals surface area contributed by atoms with E-state index in [9.17, 15) is 4.79 Å². The number of nitrogens with one attached hydrogen (secondary N) is 1. The Hall–Kier alpha value is -2.28. The van der Waals surface area contributed by atoms with Crippen molar-refractivity contribution >= 4 is 5.91 Å². The van der Waals surface area contributed by atoms with E-state index in [1.165, 1.54) is 24.9 Å². The number of ether oxygens (including phenoxy) is 1. The Balaban J connectivity index is 1.85. The van der Waals surface area contributed by atoms with E-state index in [2.05, 4.69) is 20.3 Å². The zero-order valence-corrected chi connectivity index (χ0v) is 10.1. The molecule has 1 aliphatic heterocycles. The summed E-state index contributed by atoms with van der Waals surface area (Å²) in [6.45, 7) is 1.19. The van der Waals surface area contributed by atoms with Crippen LogP contribution in [0.2, 0.25) is 0 Å². The fourth-order valence-electron chi connectivity index (χ4n) is 1.90. The number of carbonyl (C=O) groups excluding carboxylic acids is 1. The first-order chi connectivity index (χ1) is 9.34. The van der Waals surface area contributed by atoms with Gasteiger partial charge in [0.15, 0.2) is 11.4 Å². The first-order valence-corrected chi connectivity index (χ1v) is 5.94. The van der Waals surface area contributed by atoms with Gasteiger partial charge in [-0.2, -0.15) is 0 Å². The molecule has 7 nitrogen and oxygen atoms in total. The smallest absolute Gasteiger partial charge is 0.272 e. The van der Waals surface area contributed by atoms with E-state index in [1.807, 2.05) is 0 Å². The summed E-state index contributed by atoms with van der Waals surface area (Å²) in [6, 6.07) is 0.0203. The van der Waals surface area contributed by atoms with Gasteiger partial charge in [0.25, 0.3) is 5.91 Å². The summed E-state index contributed by atoms with van der Waals surface area (Å²) < 4.78 is 10.4. The lowest BCUT2D eigenvalue weighted by molar-refractivity contribution is 0.0925. The minimum Gasteiger partial charge on any atom is -0.443 e. The number of hydrogen-bond donors (Lipinski definition) is 1. The molecule has 0 aliphatic carbocycles. The molecular weight excluding hydrogens is 248 g/mol. The van der Waals surface area contributed by atoms with Crippen molar-refractivity contribution in [3.63, 3.8) is 0 Å². The maximum absolute atomic E-state index is 12.2. The first kappa shape index (κ1) is 11.8. The Morgan fingerprint density at radius 2 is 2.16 bits per heavy atom. The molecule has 0 bridgehead atoms. The monoisotopic (exact) mass is 260 g/mol. The van der Waals surface area contributed by atoms with Crippen LogP contribution in [0.1, 0.15) is 16.9 Å². The topological polar surface area (TPSA) is 90.1 Å². The molecular formula is C12H12N4O3. The minimum absolute atomic E-state index is 0.0203. The molecule has 1 unspecified atom stereocenters. The van der Waals surface area contributed by atoms with Crippen LogP contribution < -0.4 is 5.32 Å². The van der Waals surface area contributed by atoms with E-state index in [-0.39, 0.29) is 23.5 Å². The molecule has 1 fully saturated rings. The lowest BCUT2D eigenvalue weighted by atomic mass is 10.2. The third-order valence-electron chi connectivity index (χ3n) is 2.81. The highest BCUT2D eigenvalue weighted by atomic mass is 16.5. The average Bonchev–Trinajstić information content (AvgIpc) is 3.11. The maximum Gasteiger partial charge on any atom is 0.272 e. The van der Waals surface area contributed by atoms with Crippen LogP contribution in [0.4, 0.5) is 0 Å². The lowest BCUT2D eigenvalue weighted by Gasteiger charge is -2.10. The van der Waals surface area contributed by atoms with Gasteiger partial charge in [-0.25, -0.2) is 15.0 Å². The van der Waals surface area contributed by atoms with Crippen LogP contribution in [0.15, 0.2) is 29.3 Å². The predicted molar refractivity (Wildman–Crippen MR) is 64.2 cm³/mol. The van der Waals surface area contributed by atoms with Crippen molar-refractivity contribution in [1.29, 1.82) is 0 Å². The number of rotatable bonds is 3. The molecule has 2 aromatic rings. The average molecular weight is 260 g/mol. The van der Waals surface area contributed by atoms with Crippen LogP contribution in [-0.2, 0) is 4.74 Å². The number of nitrogens with zero attached hydrogens (tertiary/aromatic N) is 3. The third-order valence-corrected chi connectivity index (χ3v) is 2.81. The first-order valence-electron chi connectivity index (χ1n) is 5.94. The van der Waals surface area contributed by atoms with E-state index in [0.717, 1.165) is 6.42 Å². The highest BCUT2D eigenvalue weighted by molar-refractivity contribution is 5.97. The number of oxazole rings is 1. The van der Waals surface area contributed by atoms with Crippen molar-refractivity contribution in [2.45, 2.75) is 12.5 Å². The highest BCUT2D eigenvalue weighted by Gasteiger charge is 2.23. The Morgan fingerprint density at radius 1 is 1.26 bits per heavy atom. The molecule has 1 atom stereocenters. The summed E-state index contributed by atoms with van der Waals surface area (Å²) in [7, 11) is 0.